The molecule has 0 N–H and O–H groups in total. The Morgan fingerprint density at radius 2 is 2.05 bits per heavy atom. The largest absolute Gasteiger partial charge is 0.498 e. The van der Waals surface area contributed by atoms with Crippen LogP contribution in [0.3, 0.4) is 0 Å². The summed E-state index contributed by atoms with van der Waals surface area (Å²) in [5.74, 6) is 1.77. The highest BCUT2D eigenvalue weighted by molar-refractivity contribution is 8.03. The molecule has 2 aliphatic rings. The first-order chi connectivity index (χ1) is 9.38. The molecule has 1 aromatic carbocycles. The van der Waals surface area contributed by atoms with Gasteiger partial charge in [-0.2, -0.15) is 0 Å². The van der Waals surface area contributed by atoms with Crippen molar-refractivity contribution >= 4 is 11.8 Å². The number of benzene rings is 1. The highest BCUT2D eigenvalue weighted by Gasteiger charge is 2.31. The van der Waals surface area contributed by atoms with Crippen LogP contribution < -0.4 is 0 Å². The van der Waals surface area contributed by atoms with Gasteiger partial charge in [-0.3, -0.25) is 0 Å². The number of rotatable bonds is 4. The highest BCUT2D eigenvalue weighted by atomic mass is 32.2. The second-order valence-electron chi connectivity index (χ2n) is 5.08. The number of fused-ring (bicyclic) bond motifs is 1. The maximum absolute atomic E-state index is 5.85. The zero-order valence-electron chi connectivity index (χ0n) is 11.4. The van der Waals surface area contributed by atoms with E-state index >= 15 is 0 Å². The molecular weight excluding hydrogens is 252 g/mol. The SMILES string of the molecule is CCOC1=CC(Sc2ccccc2)=C2CCCCC12. The Balaban J connectivity index is 1.84. The van der Waals surface area contributed by atoms with E-state index in [2.05, 4.69) is 43.3 Å². The third-order valence-corrected chi connectivity index (χ3v) is 4.93. The topological polar surface area (TPSA) is 9.23 Å². The molecule has 0 aromatic heterocycles. The molecule has 0 saturated heterocycles. The zero-order valence-corrected chi connectivity index (χ0v) is 12.2. The fraction of sp³-hybridized carbons (Fsp3) is 0.412. The second-order valence-corrected chi connectivity index (χ2v) is 6.20. The van der Waals surface area contributed by atoms with Gasteiger partial charge in [0.25, 0.3) is 0 Å². The predicted molar refractivity (Wildman–Crippen MR) is 81.0 cm³/mol. The molecule has 0 spiro atoms. The first-order valence-corrected chi connectivity index (χ1v) is 8.00. The molecule has 1 aromatic rings. The van der Waals surface area contributed by atoms with Crippen LogP contribution in [0.1, 0.15) is 32.6 Å². The van der Waals surface area contributed by atoms with Crippen LogP contribution in [0.2, 0.25) is 0 Å². The Kier molecular flexibility index (Phi) is 3.97. The Labute approximate surface area is 119 Å². The lowest BCUT2D eigenvalue weighted by Crippen LogP contribution is -2.11. The molecule has 2 heteroatoms. The normalized spacial score (nSPS) is 22.2. The molecule has 0 radical (unpaired) electrons. The van der Waals surface area contributed by atoms with Crippen molar-refractivity contribution in [2.45, 2.75) is 37.5 Å². The number of ether oxygens (including phenoxy) is 1. The van der Waals surface area contributed by atoms with Crippen LogP contribution in [0.15, 0.2) is 57.5 Å². The van der Waals surface area contributed by atoms with Crippen molar-refractivity contribution in [2.24, 2.45) is 5.92 Å². The Bertz CT molecular complexity index is 501. The van der Waals surface area contributed by atoms with Crippen LogP contribution in [-0.2, 0) is 4.74 Å². The minimum atomic E-state index is 0.569. The van der Waals surface area contributed by atoms with Crippen LogP contribution in [0, 0.1) is 5.92 Å². The van der Waals surface area contributed by atoms with E-state index in [9.17, 15) is 0 Å². The molecule has 1 atom stereocenters. The molecule has 0 bridgehead atoms. The van der Waals surface area contributed by atoms with E-state index in [4.69, 9.17) is 4.74 Å². The van der Waals surface area contributed by atoms with Crippen molar-refractivity contribution in [3.05, 3.63) is 52.6 Å². The smallest absolute Gasteiger partial charge is 0.104 e. The molecule has 1 saturated carbocycles. The summed E-state index contributed by atoms with van der Waals surface area (Å²) in [7, 11) is 0. The number of allylic oxidation sites excluding steroid dienone is 2. The zero-order chi connectivity index (χ0) is 13.1. The monoisotopic (exact) mass is 272 g/mol. The van der Waals surface area contributed by atoms with Gasteiger partial charge < -0.3 is 4.74 Å². The minimum absolute atomic E-state index is 0.569. The standard InChI is InChI=1S/C17H20OS/c1-2-18-16-12-17(15-11-7-6-10-14(15)16)19-13-8-4-3-5-9-13/h3-5,8-9,12,14H,2,6-7,10-11H2,1H3. The molecular formula is C17H20OS. The van der Waals surface area contributed by atoms with Crippen LogP contribution in [-0.4, -0.2) is 6.61 Å². The molecule has 0 aliphatic heterocycles. The lowest BCUT2D eigenvalue weighted by molar-refractivity contribution is 0.194. The molecule has 1 nitrogen and oxygen atoms in total. The lowest BCUT2D eigenvalue weighted by Gasteiger charge is -2.24. The van der Waals surface area contributed by atoms with Gasteiger partial charge in [0.2, 0.25) is 0 Å². The number of hydrogen-bond acceptors (Lipinski definition) is 2. The summed E-state index contributed by atoms with van der Waals surface area (Å²) in [5, 5.41) is 0. The first kappa shape index (κ1) is 12.9. The first-order valence-electron chi connectivity index (χ1n) is 7.19. The fourth-order valence-electron chi connectivity index (χ4n) is 2.96. The maximum atomic E-state index is 5.85. The molecule has 1 unspecified atom stereocenters. The summed E-state index contributed by atoms with van der Waals surface area (Å²) in [6.07, 6.45) is 7.46. The van der Waals surface area contributed by atoms with Crippen molar-refractivity contribution in [3.8, 4) is 0 Å². The van der Waals surface area contributed by atoms with Gasteiger partial charge in [-0.1, -0.05) is 36.4 Å². The van der Waals surface area contributed by atoms with Crippen LogP contribution in [0.4, 0.5) is 0 Å². The van der Waals surface area contributed by atoms with Gasteiger partial charge in [-0.25, -0.2) is 0 Å². The van der Waals surface area contributed by atoms with Crippen LogP contribution in [0.25, 0.3) is 0 Å². The van der Waals surface area contributed by atoms with Crippen molar-refractivity contribution in [1.29, 1.82) is 0 Å². The van der Waals surface area contributed by atoms with Crippen molar-refractivity contribution in [3.63, 3.8) is 0 Å². The van der Waals surface area contributed by atoms with E-state index in [-0.39, 0.29) is 0 Å². The van der Waals surface area contributed by atoms with E-state index in [1.165, 1.54) is 41.2 Å². The van der Waals surface area contributed by atoms with Gasteiger partial charge in [0.1, 0.15) is 5.76 Å². The fourth-order valence-corrected chi connectivity index (χ4v) is 4.06. The summed E-state index contributed by atoms with van der Waals surface area (Å²) in [5.41, 5.74) is 1.61. The molecule has 1 fully saturated rings. The molecule has 19 heavy (non-hydrogen) atoms. The average molecular weight is 272 g/mol. The Morgan fingerprint density at radius 1 is 1.21 bits per heavy atom. The van der Waals surface area contributed by atoms with Gasteiger partial charge in [0, 0.05) is 15.7 Å². The van der Waals surface area contributed by atoms with E-state index in [1.54, 1.807) is 5.57 Å². The van der Waals surface area contributed by atoms with Crippen molar-refractivity contribution in [2.75, 3.05) is 6.61 Å². The number of hydrogen-bond donors (Lipinski definition) is 0. The van der Waals surface area contributed by atoms with E-state index in [0.29, 0.717) is 5.92 Å². The van der Waals surface area contributed by atoms with Crippen LogP contribution >= 0.6 is 11.8 Å². The minimum Gasteiger partial charge on any atom is -0.498 e. The third-order valence-electron chi connectivity index (χ3n) is 3.82. The number of thioether (sulfide) groups is 1. The third kappa shape index (κ3) is 2.74. The molecule has 0 amide bonds. The van der Waals surface area contributed by atoms with E-state index in [0.717, 1.165) is 6.61 Å². The summed E-state index contributed by atoms with van der Waals surface area (Å²) < 4.78 is 5.85. The summed E-state index contributed by atoms with van der Waals surface area (Å²) in [4.78, 5) is 2.75. The quantitative estimate of drug-likeness (QED) is 0.749. The maximum Gasteiger partial charge on any atom is 0.104 e. The second kappa shape index (κ2) is 5.87. The van der Waals surface area contributed by atoms with Crippen molar-refractivity contribution in [1.82, 2.24) is 0 Å². The van der Waals surface area contributed by atoms with Gasteiger partial charge in [-0.05, 0) is 50.0 Å². The van der Waals surface area contributed by atoms with E-state index in [1.807, 2.05) is 11.8 Å². The average Bonchev–Trinajstić information content (AvgIpc) is 2.79. The molecule has 0 heterocycles. The molecule has 2 aliphatic carbocycles. The van der Waals surface area contributed by atoms with E-state index < -0.39 is 0 Å². The van der Waals surface area contributed by atoms with Gasteiger partial charge >= 0.3 is 0 Å². The summed E-state index contributed by atoms with van der Waals surface area (Å²) >= 11 is 1.89. The Morgan fingerprint density at radius 3 is 2.84 bits per heavy atom. The van der Waals surface area contributed by atoms with Crippen LogP contribution in [0.5, 0.6) is 0 Å². The molecule has 3 rings (SSSR count). The Hall–Kier alpha value is -1.15. The molecule has 100 valence electrons. The summed E-state index contributed by atoms with van der Waals surface area (Å²) in [6, 6.07) is 10.6. The van der Waals surface area contributed by atoms with Gasteiger partial charge in [0.15, 0.2) is 0 Å². The summed E-state index contributed by atoms with van der Waals surface area (Å²) in [6.45, 7) is 2.85. The highest BCUT2D eigenvalue weighted by Crippen LogP contribution is 2.47. The van der Waals surface area contributed by atoms with Crippen molar-refractivity contribution < 1.29 is 4.74 Å². The lowest BCUT2D eigenvalue weighted by atomic mass is 9.86. The predicted octanol–water partition coefficient (Wildman–Crippen LogP) is 5.16. The van der Waals surface area contributed by atoms with Gasteiger partial charge in [0.05, 0.1) is 6.61 Å². The van der Waals surface area contributed by atoms with Gasteiger partial charge in [-0.15, -0.1) is 0 Å².